The summed E-state index contributed by atoms with van der Waals surface area (Å²) < 4.78 is 13.4. The fourth-order valence-electron chi connectivity index (χ4n) is 1.32. The number of hydrogen-bond acceptors (Lipinski definition) is 1. The lowest BCUT2D eigenvalue weighted by molar-refractivity contribution is 0.224. The van der Waals surface area contributed by atoms with Crippen LogP contribution in [0.5, 0.6) is 0 Å². The smallest absolute Gasteiger partial charge is 0.324 e. The molecule has 0 aliphatic rings. The van der Waals surface area contributed by atoms with Gasteiger partial charge in [0.15, 0.2) is 0 Å². The van der Waals surface area contributed by atoms with Crippen LogP contribution in [-0.4, -0.2) is 31.6 Å². The molecule has 4 heteroatoms. The summed E-state index contributed by atoms with van der Waals surface area (Å²) in [5.74, 6) is -0.380. The summed E-state index contributed by atoms with van der Waals surface area (Å²) in [4.78, 5) is 14.5. The number of anilines is 1. The monoisotopic (exact) mass is 210 g/mol. The van der Waals surface area contributed by atoms with Crippen LogP contribution in [-0.2, 0) is 0 Å². The van der Waals surface area contributed by atoms with Crippen molar-refractivity contribution in [1.29, 1.82) is 0 Å². The number of amides is 2. The average molecular weight is 210 g/mol. The molecule has 0 radical (unpaired) electrons. The first-order chi connectivity index (χ1) is 7.07. The van der Waals surface area contributed by atoms with Crippen LogP contribution in [0.2, 0.25) is 0 Å². The molecule has 1 rings (SSSR count). The second-order valence-electron chi connectivity index (χ2n) is 3.37. The van der Waals surface area contributed by atoms with Gasteiger partial charge in [0.2, 0.25) is 0 Å². The summed E-state index contributed by atoms with van der Waals surface area (Å²) in [5.41, 5.74) is 0.318. The van der Waals surface area contributed by atoms with E-state index in [4.69, 9.17) is 0 Å². The van der Waals surface area contributed by atoms with Crippen LogP contribution in [0.3, 0.4) is 0 Å². The van der Waals surface area contributed by atoms with Crippen molar-refractivity contribution in [2.24, 2.45) is 0 Å². The third kappa shape index (κ3) is 2.46. The number of para-hydroxylation sites is 1. The van der Waals surface area contributed by atoms with E-state index in [-0.39, 0.29) is 11.8 Å². The van der Waals surface area contributed by atoms with Gasteiger partial charge in [-0.15, -0.1) is 0 Å². The second kappa shape index (κ2) is 4.77. The highest BCUT2D eigenvalue weighted by Crippen LogP contribution is 2.19. The van der Waals surface area contributed by atoms with E-state index in [0.717, 1.165) is 0 Å². The Balaban J connectivity index is 3.03. The van der Waals surface area contributed by atoms with E-state index in [1.165, 1.54) is 15.9 Å². The minimum atomic E-state index is -0.380. The third-order valence-electron chi connectivity index (χ3n) is 2.07. The van der Waals surface area contributed by atoms with Gasteiger partial charge in [-0.3, -0.25) is 4.90 Å². The predicted octanol–water partition coefficient (Wildman–Crippen LogP) is 2.33. The minimum absolute atomic E-state index is 0.220. The van der Waals surface area contributed by atoms with Crippen molar-refractivity contribution in [3.05, 3.63) is 30.1 Å². The highest BCUT2D eigenvalue weighted by atomic mass is 19.1. The standard InChI is InChI=1S/C11H15FN2O/c1-4-14(11(15)13(2)3)10-8-6-5-7-9(10)12/h5-8H,4H2,1-3H3. The van der Waals surface area contributed by atoms with Crippen LogP contribution in [0.4, 0.5) is 14.9 Å². The molecule has 1 aromatic rings. The lowest BCUT2D eigenvalue weighted by Crippen LogP contribution is -2.39. The molecule has 15 heavy (non-hydrogen) atoms. The molecule has 0 saturated heterocycles. The summed E-state index contributed by atoms with van der Waals surface area (Å²) in [5, 5.41) is 0. The fraction of sp³-hybridized carbons (Fsp3) is 0.364. The molecule has 3 nitrogen and oxygen atoms in total. The molecule has 2 amide bonds. The van der Waals surface area contributed by atoms with E-state index < -0.39 is 0 Å². The molecule has 0 aliphatic carbocycles. The zero-order chi connectivity index (χ0) is 11.4. The normalized spacial score (nSPS) is 9.87. The maximum Gasteiger partial charge on any atom is 0.324 e. The molecule has 0 N–H and O–H groups in total. The second-order valence-corrected chi connectivity index (χ2v) is 3.37. The lowest BCUT2D eigenvalue weighted by Gasteiger charge is -2.25. The lowest BCUT2D eigenvalue weighted by atomic mass is 10.3. The maximum absolute atomic E-state index is 13.4. The zero-order valence-electron chi connectivity index (χ0n) is 9.20. The van der Waals surface area contributed by atoms with Gasteiger partial charge in [-0.05, 0) is 19.1 Å². The molecule has 0 atom stereocenters. The maximum atomic E-state index is 13.4. The highest BCUT2D eigenvalue weighted by Gasteiger charge is 2.18. The van der Waals surface area contributed by atoms with Crippen molar-refractivity contribution in [2.45, 2.75) is 6.92 Å². The van der Waals surface area contributed by atoms with Gasteiger partial charge in [0.05, 0.1) is 5.69 Å². The summed E-state index contributed by atoms with van der Waals surface area (Å²) in [6, 6.07) is 6.04. The first-order valence-corrected chi connectivity index (χ1v) is 4.81. The Morgan fingerprint density at radius 2 is 1.93 bits per heavy atom. The van der Waals surface area contributed by atoms with E-state index in [1.54, 1.807) is 32.3 Å². The van der Waals surface area contributed by atoms with Crippen LogP contribution < -0.4 is 4.90 Å². The van der Waals surface area contributed by atoms with Crippen molar-refractivity contribution < 1.29 is 9.18 Å². The van der Waals surface area contributed by atoms with Crippen LogP contribution in [0.15, 0.2) is 24.3 Å². The molecule has 1 aromatic carbocycles. The molecule has 82 valence electrons. The Kier molecular flexibility index (Phi) is 3.66. The third-order valence-corrected chi connectivity index (χ3v) is 2.07. The van der Waals surface area contributed by atoms with Gasteiger partial charge in [-0.2, -0.15) is 0 Å². The predicted molar refractivity (Wildman–Crippen MR) is 58.5 cm³/mol. The van der Waals surface area contributed by atoms with Crippen LogP contribution in [0, 0.1) is 5.82 Å². The number of rotatable bonds is 2. The molecule has 0 fully saturated rings. The molecule has 0 saturated carbocycles. The minimum Gasteiger partial charge on any atom is -0.330 e. The van der Waals surface area contributed by atoms with Gasteiger partial charge in [0.1, 0.15) is 5.82 Å². The van der Waals surface area contributed by atoms with Gasteiger partial charge in [-0.1, -0.05) is 12.1 Å². The number of halogens is 1. The largest absolute Gasteiger partial charge is 0.330 e. The van der Waals surface area contributed by atoms with E-state index in [2.05, 4.69) is 0 Å². The van der Waals surface area contributed by atoms with Gasteiger partial charge >= 0.3 is 6.03 Å². The summed E-state index contributed by atoms with van der Waals surface area (Å²) >= 11 is 0. The van der Waals surface area contributed by atoms with Gasteiger partial charge in [0.25, 0.3) is 0 Å². The zero-order valence-corrected chi connectivity index (χ0v) is 9.20. The van der Waals surface area contributed by atoms with E-state index in [1.807, 2.05) is 6.92 Å². The Bertz CT molecular complexity index is 352. The summed E-state index contributed by atoms with van der Waals surface area (Å²) in [6.07, 6.45) is 0. The van der Waals surface area contributed by atoms with Gasteiger partial charge in [0, 0.05) is 20.6 Å². The number of carbonyl (C=O) groups is 1. The van der Waals surface area contributed by atoms with Crippen molar-refractivity contribution >= 4 is 11.7 Å². The van der Waals surface area contributed by atoms with E-state index in [0.29, 0.717) is 12.2 Å². The first-order valence-electron chi connectivity index (χ1n) is 4.81. The number of nitrogens with zero attached hydrogens (tertiary/aromatic N) is 2. The van der Waals surface area contributed by atoms with Crippen molar-refractivity contribution in [2.75, 3.05) is 25.5 Å². The Morgan fingerprint density at radius 3 is 2.40 bits per heavy atom. The van der Waals surface area contributed by atoms with Crippen LogP contribution >= 0.6 is 0 Å². The van der Waals surface area contributed by atoms with E-state index >= 15 is 0 Å². The summed E-state index contributed by atoms with van der Waals surface area (Å²) in [7, 11) is 3.29. The van der Waals surface area contributed by atoms with Crippen LogP contribution in [0.25, 0.3) is 0 Å². The Hall–Kier alpha value is -1.58. The SMILES string of the molecule is CCN(C(=O)N(C)C)c1ccccc1F. The van der Waals surface area contributed by atoms with Crippen molar-refractivity contribution in [3.63, 3.8) is 0 Å². The molecule has 0 heterocycles. The number of carbonyl (C=O) groups excluding carboxylic acids is 1. The number of urea groups is 1. The van der Waals surface area contributed by atoms with Gasteiger partial charge in [-0.25, -0.2) is 9.18 Å². The number of benzene rings is 1. The molecule has 0 aliphatic heterocycles. The Morgan fingerprint density at radius 1 is 1.33 bits per heavy atom. The van der Waals surface area contributed by atoms with Crippen molar-refractivity contribution in [1.82, 2.24) is 4.90 Å². The molecule has 0 bridgehead atoms. The molecular formula is C11H15FN2O. The van der Waals surface area contributed by atoms with Crippen LogP contribution in [0.1, 0.15) is 6.92 Å². The van der Waals surface area contributed by atoms with Crippen molar-refractivity contribution in [3.8, 4) is 0 Å². The quantitative estimate of drug-likeness (QED) is 0.735. The average Bonchev–Trinajstić information content (AvgIpc) is 2.21. The fourth-order valence-corrected chi connectivity index (χ4v) is 1.32. The van der Waals surface area contributed by atoms with Gasteiger partial charge < -0.3 is 4.90 Å². The first kappa shape index (κ1) is 11.5. The Labute approximate surface area is 89.1 Å². The topological polar surface area (TPSA) is 23.6 Å². The molecule has 0 unspecified atom stereocenters. The molecular weight excluding hydrogens is 195 g/mol. The molecule has 0 spiro atoms. The number of hydrogen-bond donors (Lipinski definition) is 0. The molecule has 0 aromatic heterocycles. The van der Waals surface area contributed by atoms with E-state index in [9.17, 15) is 9.18 Å². The summed E-state index contributed by atoms with van der Waals surface area (Å²) in [6.45, 7) is 2.26. The highest BCUT2D eigenvalue weighted by molar-refractivity contribution is 5.91.